The average Bonchev–Trinajstić information content (AvgIpc) is 2.84. The van der Waals surface area contributed by atoms with Crippen LogP contribution in [0.2, 0.25) is 5.02 Å². The van der Waals surface area contributed by atoms with E-state index < -0.39 is 0 Å². The van der Waals surface area contributed by atoms with Crippen molar-refractivity contribution in [2.75, 3.05) is 25.1 Å². The van der Waals surface area contributed by atoms with Crippen LogP contribution in [0.15, 0.2) is 12.3 Å². The fourth-order valence-corrected chi connectivity index (χ4v) is 1.99. The fraction of sp³-hybridized carbons (Fsp3) is 0.500. The van der Waals surface area contributed by atoms with E-state index >= 15 is 0 Å². The molecule has 2 heterocycles. The Kier molecular flexibility index (Phi) is 4.38. The molecule has 1 aromatic rings. The van der Waals surface area contributed by atoms with Gasteiger partial charge in [0.1, 0.15) is 5.82 Å². The third-order valence-electron chi connectivity index (χ3n) is 2.72. The molecule has 0 aromatic carbocycles. The molecule has 1 saturated heterocycles. The molecule has 0 bridgehead atoms. The standard InChI is InChI=1S/C12H16ClN3O2/c1-2-14-11-5-9(10(13)6-15-11)12(17)16-8-3-4-18-7-8/h5-6,8H,2-4,7H2,1H3,(H,14,15)(H,16,17). The van der Waals surface area contributed by atoms with E-state index in [1.54, 1.807) is 6.07 Å². The van der Waals surface area contributed by atoms with Gasteiger partial charge in [0.05, 0.1) is 23.2 Å². The molecule has 1 amide bonds. The number of ether oxygens (including phenoxy) is 1. The lowest BCUT2D eigenvalue weighted by atomic mass is 10.2. The summed E-state index contributed by atoms with van der Waals surface area (Å²) >= 11 is 5.99. The summed E-state index contributed by atoms with van der Waals surface area (Å²) in [5, 5.41) is 6.31. The molecule has 18 heavy (non-hydrogen) atoms. The van der Waals surface area contributed by atoms with Crippen LogP contribution < -0.4 is 10.6 Å². The summed E-state index contributed by atoms with van der Waals surface area (Å²) in [5.41, 5.74) is 0.439. The van der Waals surface area contributed by atoms with Crippen molar-refractivity contribution in [2.45, 2.75) is 19.4 Å². The van der Waals surface area contributed by atoms with E-state index in [1.807, 2.05) is 6.92 Å². The summed E-state index contributed by atoms with van der Waals surface area (Å²) in [4.78, 5) is 16.2. The van der Waals surface area contributed by atoms with Gasteiger partial charge in [-0.2, -0.15) is 0 Å². The maximum atomic E-state index is 12.1. The Hall–Kier alpha value is -1.33. The van der Waals surface area contributed by atoms with E-state index in [0.717, 1.165) is 13.0 Å². The molecule has 0 saturated carbocycles. The largest absolute Gasteiger partial charge is 0.379 e. The maximum absolute atomic E-state index is 12.1. The first-order chi connectivity index (χ1) is 8.70. The number of hydrogen-bond acceptors (Lipinski definition) is 4. The van der Waals surface area contributed by atoms with Gasteiger partial charge >= 0.3 is 0 Å². The Balaban J connectivity index is 2.09. The van der Waals surface area contributed by atoms with Crippen LogP contribution in [0.1, 0.15) is 23.7 Å². The predicted octanol–water partition coefficient (Wildman–Crippen LogP) is 1.69. The van der Waals surface area contributed by atoms with Gasteiger partial charge in [-0.15, -0.1) is 0 Å². The minimum Gasteiger partial charge on any atom is -0.379 e. The molecule has 1 aromatic heterocycles. The van der Waals surface area contributed by atoms with Gasteiger partial charge < -0.3 is 15.4 Å². The SMILES string of the molecule is CCNc1cc(C(=O)NC2CCOC2)c(Cl)cn1. The van der Waals surface area contributed by atoms with Crippen LogP contribution in [0.25, 0.3) is 0 Å². The van der Waals surface area contributed by atoms with Crippen LogP contribution in [0.5, 0.6) is 0 Å². The Morgan fingerprint density at radius 1 is 1.67 bits per heavy atom. The first-order valence-electron chi connectivity index (χ1n) is 5.98. The van der Waals surface area contributed by atoms with E-state index in [1.165, 1.54) is 6.20 Å². The van der Waals surface area contributed by atoms with Crippen molar-refractivity contribution in [3.8, 4) is 0 Å². The number of halogens is 1. The van der Waals surface area contributed by atoms with Crippen LogP contribution in [0.4, 0.5) is 5.82 Å². The number of rotatable bonds is 4. The molecule has 2 N–H and O–H groups in total. The maximum Gasteiger partial charge on any atom is 0.253 e. The van der Waals surface area contributed by atoms with Gasteiger partial charge in [0.2, 0.25) is 0 Å². The van der Waals surface area contributed by atoms with E-state index in [4.69, 9.17) is 16.3 Å². The second-order valence-corrected chi connectivity index (χ2v) is 4.52. The first kappa shape index (κ1) is 13.1. The summed E-state index contributed by atoms with van der Waals surface area (Å²) in [6.45, 7) is 3.96. The quantitative estimate of drug-likeness (QED) is 0.873. The zero-order valence-electron chi connectivity index (χ0n) is 10.2. The van der Waals surface area contributed by atoms with Gasteiger partial charge in [0.15, 0.2) is 0 Å². The molecule has 1 aliphatic rings. The predicted molar refractivity (Wildman–Crippen MR) is 70.1 cm³/mol. The van der Waals surface area contributed by atoms with Crippen molar-refractivity contribution >= 4 is 23.3 Å². The highest BCUT2D eigenvalue weighted by atomic mass is 35.5. The number of amides is 1. The Labute approximate surface area is 111 Å². The van der Waals surface area contributed by atoms with E-state index in [9.17, 15) is 4.79 Å². The molecule has 0 aliphatic carbocycles. The molecule has 1 unspecified atom stereocenters. The van der Waals surface area contributed by atoms with Gasteiger partial charge in [0, 0.05) is 19.3 Å². The van der Waals surface area contributed by atoms with Crippen molar-refractivity contribution in [3.63, 3.8) is 0 Å². The van der Waals surface area contributed by atoms with Gasteiger partial charge in [0.25, 0.3) is 5.91 Å². The summed E-state index contributed by atoms with van der Waals surface area (Å²) in [5.74, 6) is 0.465. The minimum atomic E-state index is -0.183. The minimum absolute atomic E-state index is 0.0734. The highest BCUT2D eigenvalue weighted by Crippen LogP contribution is 2.18. The van der Waals surface area contributed by atoms with E-state index in [0.29, 0.717) is 29.6 Å². The molecule has 6 heteroatoms. The van der Waals surface area contributed by atoms with Gasteiger partial charge in [-0.25, -0.2) is 4.98 Å². The molecule has 0 spiro atoms. The van der Waals surface area contributed by atoms with Crippen LogP contribution in [-0.2, 0) is 4.74 Å². The Morgan fingerprint density at radius 2 is 2.50 bits per heavy atom. The lowest BCUT2D eigenvalue weighted by molar-refractivity contribution is 0.0930. The number of hydrogen-bond donors (Lipinski definition) is 2. The third-order valence-corrected chi connectivity index (χ3v) is 3.02. The molecule has 98 valence electrons. The van der Waals surface area contributed by atoms with Crippen molar-refractivity contribution in [1.29, 1.82) is 0 Å². The number of aromatic nitrogens is 1. The van der Waals surface area contributed by atoms with Crippen LogP contribution in [0, 0.1) is 0 Å². The highest BCUT2D eigenvalue weighted by Gasteiger charge is 2.20. The summed E-state index contributed by atoms with van der Waals surface area (Å²) < 4.78 is 5.21. The number of nitrogens with zero attached hydrogens (tertiary/aromatic N) is 1. The summed E-state index contributed by atoms with van der Waals surface area (Å²) in [7, 11) is 0. The van der Waals surface area contributed by atoms with Crippen LogP contribution >= 0.6 is 11.6 Å². The van der Waals surface area contributed by atoms with E-state index in [2.05, 4.69) is 15.6 Å². The number of pyridine rings is 1. The molecule has 1 aliphatic heterocycles. The zero-order chi connectivity index (χ0) is 13.0. The van der Waals surface area contributed by atoms with Crippen molar-refractivity contribution in [1.82, 2.24) is 10.3 Å². The number of nitrogens with one attached hydrogen (secondary N) is 2. The molecule has 0 radical (unpaired) electrons. The molecule has 1 atom stereocenters. The number of anilines is 1. The van der Waals surface area contributed by atoms with Gasteiger partial charge in [-0.1, -0.05) is 11.6 Å². The van der Waals surface area contributed by atoms with Crippen molar-refractivity contribution in [2.24, 2.45) is 0 Å². The molecule has 2 rings (SSSR count). The summed E-state index contributed by atoms with van der Waals surface area (Å²) in [6.07, 6.45) is 2.33. The first-order valence-corrected chi connectivity index (χ1v) is 6.36. The normalized spacial score (nSPS) is 18.7. The molecular formula is C12H16ClN3O2. The molecule has 5 nitrogen and oxygen atoms in total. The highest BCUT2D eigenvalue weighted by molar-refractivity contribution is 6.33. The topological polar surface area (TPSA) is 63.2 Å². The summed E-state index contributed by atoms with van der Waals surface area (Å²) in [6, 6.07) is 1.74. The van der Waals surface area contributed by atoms with E-state index in [-0.39, 0.29) is 11.9 Å². The van der Waals surface area contributed by atoms with Crippen molar-refractivity contribution in [3.05, 3.63) is 22.8 Å². The average molecular weight is 270 g/mol. The Bertz CT molecular complexity index is 433. The van der Waals surface area contributed by atoms with Crippen LogP contribution in [-0.4, -0.2) is 36.7 Å². The number of carbonyl (C=O) groups is 1. The second-order valence-electron chi connectivity index (χ2n) is 4.11. The molecular weight excluding hydrogens is 254 g/mol. The smallest absolute Gasteiger partial charge is 0.253 e. The monoisotopic (exact) mass is 269 g/mol. The molecule has 1 fully saturated rings. The van der Waals surface area contributed by atoms with Crippen molar-refractivity contribution < 1.29 is 9.53 Å². The Morgan fingerprint density at radius 3 is 3.17 bits per heavy atom. The lowest BCUT2D eigenvalue weighted by Crippen LogP contribution is -2.35. The third kappa shape index (κ3) is 3.11. The zero-order valence-corrected chi connectivity index (χ0v) is 11.0. The number of carbonyl (C=O) groups excluding carboxylic acids is 1. The fourth-order valence-electron chi connectivity index (χ4n) is 1.80. The second kappa shape index (κ2) is 6.02. The lowest BCUT2D eigenvalue weighted by Gasteiger charge is -2.12. The van der Waals surface area contributed by atoms with Crippen LogP contribution in [0.3, 0.4) is 0 Å². The van der Waals surface area contributed by atoms with Gasteiger partial charge in [-0.05, 0) is 19.4 Å². The van der Waals surface area contributed by atoms with Gasteiger partial charge in [-0.3, -0.25) is 4.79 Å².